The smallest absolute Gasteiger partial charge is 0.315 e. The number of nitrogens with zero attached hydrogens (tertiary/aromatic N) is 3. The molecule has 3 N–H and O–H groups in total. The number of nitrogens with one attached hydrogen (secondary N) is 2. The molecule has 0 spiro atoms. The van der Waals surface area contributed by atoms with Crippen LogP contribution in [-0.4, -0.2) is 44.3 Å². The Labute approximate surface area is 250 Å². The van der Waals surface area contributed by atoms with E-state index < -0.39 is 6.29 Å². The van der Waals surface area contributed by atoms with Gasteiger partial charge in [0.15, 0.2) is 11.4 Å². The van der Waals surface area contributed by atoms with Crippen LogP contribution in [0.4, 0.5) is 4.79 Å². The highest BCUT2D eigenvalue weighted by molar-refractivity contribution is 7.99. The maximum absolute atomic E-state index is 11.8. The van der Waals surface area contributed by atoms with Crippen molar-refractivity contribution in [2.75, 3.05) is 12.3 Å². The zero-order valence-corrected chi connectivity index (χ0v) is 24.9. The van der Waals surface area contributed by atoms with Crippen LogP contribution < -0.4 is 10.6 Å². The molecular weight excluding hydrogens is 550 g/mol. The normalized spacial score (nSPS) is 20.3. The molecule has 5 rings (SSSR count). The van der Waals surface area contributed by atoms with Crippen LogP contribution in [-0.2, 0) is 29.7 Å². The highest BCUT2D eigenvalue weighted by Crippen LogP contribution is 2.43. The van der Waals surface area contributed by atoms with Crippen LogP contribution in [0.25, 0.3) is 11.1 Å². The van der Waals surface area contributed by atoms with E-state index in [0.29, 0.717) is 18.8 Å². The molecule has 4 aromatic rings. The minimum Gasteiger partial charge on any atom is -0.392 e. The van der Waals surface area contributed by atoms with Gasteiger partial charge in [0.25, 0.3) is 0 Å². The molecule has 0 aliphatic carbocycles. The summed E-state index contributed by atoms with van der Waals surface area (Å²) in [6, 6.07) is 24.1. The first-order valence-electron chi connectivity index (χ1n) is 14.1. The number of urea groups is 1. The number of benzene rings is 3. The summed E-state index contributed by atoms with van der Waals surface area (Å²) in [5.41, 5.74) is 6.00. The highest BCUT2D eigenvalue weighted by Gasteiger charge is 2.38. The molecule has 1 aliphatic heterocycles. The van der Waals surface area contributed by atoms with Gasteiger partial charge in [0, 0.05) is 37.4 Å². The van der Waals surface area contributed by atoms with Gasteiger partial charge in [0.05, 0.1) is 18.8 Å². The van der Waals surface area contributed by atoms with E-state index in [-0.39, 0.29) is 30.8 Å². The largest absolute Gasteiger partial charge is 0.392 e. The van der Waals surface area contributed by atoms with Crippen molar-refractivity contribution in [1.82, 2.24) is 25.4 Å². The van der Waals surface area contributed by atoms with Gasteiger partial charge in [-0.3, -0.25) is 0 Å². The molecule has 1 saturated heterocycles. The van der Waals surface area contributed by atoms with E-state index in [1.54, 1.807) is 18.1 Å². The van der Waals surface area contributed by atoms with E-state index in [9.17, 15) is 9.90 Å². The van der Waals surface area contributed by atoms with Crippen molar-refractivity contribution in [2.45, 2.75) is 50.7 Å². The number of rotatable bonds is 10. The van der Waals surface area contributed by atoms with Crippen molar-refractivity contribution in [1.29, 1.82) is 0 Å². The van der Waals surface area contributed by atoms with Crippen molar-refractivity contribution in [3.63, 3.8) is 0 Å². The van der Waals surface area contributed by atoms with Crippen molar-refractivity contribution in [2.24, 2.45) is 13.0 Å². The zero-order valence-electron chi connectivity index (χ0n) is 24.1. The van der Waals surface area contributed by atoms with Gasteiger partial charge in [0.1, 0.15) is 6.33 Å². The highest BCUT2D eigenvalue weighted by atomic mass is 32.2. The maximum Gasteiger partial charge on any atom is 0.315 e. The molecule has 220 valence electrons. The number of amides is 2. The van der Waals surface area contributed by atoms with Gasteiger partial charge < -0.3 is 29.8 Å². The number of thioether (sulfide) groups is 1. The minimum atomic E-state index is -0.546. The van der Waals surface area contributed by atoms with Gasteiger partial charge in [-0.15, -0.1) is 10.2 Å². The third-order valence-electron chi connectivity index (χ3n) is 7.40. The predicted octanol–water partition coefficient (Wildman–Crippen LogP) is 5.38. The molecule has 4 atom stereocenters. The van der Waals surface area contributed by atoms with Crippen LogP contribution in [0.3, 0.4) is 0 Å². The van der Waals surface area contributed by atoms with Gasteiger partial charge >= 0.3 is 6.03 Å². The first-order chi connectivity index (χ1) is 20.4. The Morgan fingerprint density at radius 2 is 1.74 bits per heavy atom. The topological polar surface area (TPSA) is 111 Å². The van der Waals surface area contributed by atoms with Crippen LogP contribution in [0, 0.1) is 5.92 Å². The fourth-order valence-electron chi connectivity index (χ4n) is 4.97. The Balaban J connectivity index is 1.34. The molecular formula is C32H37N5O4S. The average molecular weight is 588 g/mol. The van der Waals surface area contributed by atoms with Gasteiger partial charge in [0.2, 0.25) is 0 Å². The second-order valence-corrected chi connectivity index (χ2v) is 11.4. The predicted molar refractivity (Wildman–Crippen MR) is 162 cm³/mol. The molecule has 0 unspecified atom stereocenters. The number of hydrogen-bond acceptors (Lipinski definition) is 7. The fraction of sp³-hybridized carbons (Fsp3) is 0.344. The summed E-state index contributed by atoms with van der Waals surface area (Å²) in [5.74, 6) is 0.783. The first-order valence-corrected chi connectivity index (χ1v) is 15.1. The molecule has 1 aliphatic rings. The van der Waals surface area contributed by atoms with Crippen LogP contribution in [0.5, 0.6) is 0 Å². The van der Waals surface area contributed by atoms with Crippen molar-refractivity contribution in [3.8, 4) is 11.1 Å². The van der Waals surface area contributed by atoms with Crippen LogP contribution in [0.15, 0.2) is 84.3 Å². The van der Waals surface area contributed by atoms with Crippen molar-refractivity contribution < 1.29 is 19.4 Å². The van der Waals surface area contributed by atoms with Gasteiger partial charge in [-0.2, -0.15) is 0 Å². The summed E-state index contributed by atoms with van der Waals surface area (Å²) >= 11 is 1.62. The van der Waals surface area contributed by atoms with Crippen molar-refractivity contribution >= 4 is 17.8 Å². The standard InChI is InChI=1S/C32H37N5O4S/c1-4-33-31(39)34-17-23-6-5-7-27(16-23)24-12-14-26(15-13-24)30-40-28(19-42-32-36-35-20-37(32)3)21(2)29(41-30)25-10-8-22(18-38)9-11-25/h5-16,20-21,28-30,38H,4,17-19H2,1-3H3,(H2,33,34,39)/t21-,28+,29+,30+/m0/s1. The summed E-state index contributed by atoms with van der Waals surface area (Å²) in [6.45, 7) is 5.09. The van der Waals surface area contributed by atoms with Gasteiger partial charge in [-0.25, -0.2) is 4.79 Å². The summed E-state index contributed by atoms with van der Waals surface area (Å²) < 4.78 is 15.1. The summed E-state index contributed by atoms with van der Waals surface area (Å²) in [4.78, 5) is 11.8. The van der Waals surface area contributed by atoms with E-state index in [1.807, 2.05) is 67.1 Å². The molecule has 9 nitrogen and oxygen atoms in total. The first kappa shape index (κ1) is 29.8. The van der Waals surface area contributed by atoms with E-state index in [2.05, 4.69) is 52.0 Å². The fourth-order valence-corrected chi connectivity index (χ4v) is 6.02. The molecule has 2 amide bonds. The molecule has 0 radical (unpaired) electrons. The molecule has 1 aromatic heterocycles. The summed E-state index contributed by atoms with van der Waals surface area (Å²) in [5, 5.41) is 24.2. The van der Waals surface area contributed by atoms with E-state index in [4.69, 9.17) is 9.47 Å². The molecule has 2 heterocycles. The van der Waals surface area contributed by atoms with Crippen LogP contribution >= 0.6 is 11.8 Å². The van der Waals surface area contributed by atoms with Gasteiger partial charge in [-0.05, 0) is 40.8 Å². The third-order valence-corrected chi connectivity index (χ3v) is 8.53. The number of aliphatic hydroxyl groups excluding tert-OH is 1. The lowest BCUT2D eigenvalue weighted by atomic mass is 9.91. The number of aryl methyl sites for hydroxylation is 1. The number of hydrogen-bond donors (Lipinski definition) is 3. The van der Waals surface area contributed by atoms with Crippen LogP contribution in [0.2, 0.25) is 0 Å². The molecule has 3 aromatic carbocycles. The zero-order chi connectivity index (χ0) is 29.5. The molecule has 0 bridgehead atoms. The monoisotopic (exact) mass is 587 g/mol. The average Bonchev–Trinajstić information content (AvgIpc) is 3.44. The lowest BCUT2D eigenvalue weighted by Gasteiger charge is -2.41. The number of carbonyl (C=O) groups is 1. The SMILES string of the molecule is CCNC(=O)NCc1cccc(-c2ccc([C@@H]3O[C@H](CSc4nncn4C)[C@H](C)[C@H](c4ccc(CO)cc4)O3)cc2)c1. The second kappa shape index (κ2) is 14.0. The Kier molecular flexibility index (Phi) is 9.91. The quantitative estimate of drug-likeness (QED) is 0.214. The Bertz CT molecular complexity index is 1460. The minimum absolute atomic E-state index is 0.00398. The van der Waals surface area contributed by atoms with E-state index in [0.717, 1.165) is 38.5 Å². The molecule has 1 fully saturated rings. The van der Waals surface area contributed by atoms with E-state index >= 15 is 0 Å². The number of ether oxygens (including phenoxy) is 2. The number of aliphatic hydroxyl groups is 1. The number of aromatic nitrogens is 3. The number of carbonyl (C=O) groups excluding carboxylic acids is 1. The van der Waals surface area contributed by atoms with Crippen molar-refractivity contribution in [3.05, 3.63) is 101 Å². The maximum atomic E-state index is 11.8. The van der Waals surface area contributed by atoms with Gasteiger partial charge in [-0.1, -0.05) is 85.4 Å². The molecule has 0 saturated carbocycles. The Morgan fingerprint density at radius 1 is 0.976 bits per heavy atom. The lowest BCUT2D eigenvalue weighted by molar-refractivity contribution is -0.268. The van der Waals surface area contributed by atoms with E-state index in [1.165, 1.54) is 0 Å². The second-order valence-electron chi connectivity index (χ2n) is 10.4. The summed E-state index contributed by atoms with van der Waals surface area (Å²) in [7, 11) is 1.93. The lowest BCUT2D eigenvalue weighted by Crippen LogP contribution is -2.38. The Morgan fingerprint density at radius 3 is 2.43 bits per heavy atom. The summed E-state index contributed by atoms with van der Waals surface area (Å²) in [6.07, 6.45) is 0.870. The Hall–Kier alpha value is -3.70. The molecule has 10 heteroatoms. The third kappa shape index (κ3) is 7.19. The molecule has 42 heavy (non-hydrogen) atoms. The van der Waals surface area contributed by atoms with Crippen LogP contribution in [0.1, 0.15) is 48.5 Å².